The molecule has 0 atom stereocenters. The average Bonchev–Trinajstić information content (AvgIpc) is 3.09. The predicted molar refractivity (Wildman–Crippen MR) is 124 cm³/mol. The third-order valence-corrected chi connectivity index (χ3v) is 5.86. The normalized spacial score (nSPS) is 14.0. The van der Waals surface area contributed by atoms with Crippen molar-refractivity contribution in [1.82, 2.24) is 4.98 Å². The predicted octanol–water partition coefficient (Wildman–Crippen LogP) is 6.99. The zero-order chi connectivity index (χ0) is 19.8. The van der Waals surface area contributed by atoms with E-state index in [1.54, 1.807) is 17.4 Å². The summed E-state index contributed by atoms with van der Waals surface area (Å²) >= 11 is 7.78. The molecule has 0 fully saturated rings. The Morgan fingerprint density at radius 2 is 2.00 bits per heavy atom. The molecule has 0 saturated heterocycles. The Morgan fingerprint density at radius 1 is 1.21 bits per heavy atom. The van der Waals surface area contributed by atoms with Crippen LogP contribution in [0.1, 0.15) is 10.4 Å². The van der Waals surface area contributed by atoms with E-state index in [0.29, 0.717) is 5.03 Å². The van der Waals surface area contributed by atoms with E-state index in [-0.39, 0.29) is 0 Å². The lowest BCUT2D eigenvalue weighted by molar-refractivity contribution is 1.15. The quantitative estimate of drug-likeness (QED) is 0.475. The lowest BCUT2D eigenvalue weighted by Crippen LogP contribution is -2.28. The van der Waals surface area contributed by atoms with Gasteiger partial charge in [-0.15, -0.1) is 11.3 Å². The summed E-state index contributed by atoms with van der Waals surface area (Å²) in [5.41, 5.74) is 3.60. The molecule has 1 N–H and O–H groups in total. The molecule has 0 unspecified atom stereocenters. The van der Waals surface area contributed by atoms with Gasteiger partial charge in [0, 0.05) is 38.0 Å². The molecule has 0 amide bonds. The first-order chi connectivity index (χ1) is 13.5. The second kappa shape index (κ2) is 7.15. The maximum atomic E-state index is 6.19. The van der Waals surface area contributed by atoms with Gasteiger partial charge >= 0.3 is 0 Å². The fourth-order valence-electron chi connectivity index (χ4n) is 3.29. The summed E-state index contributed by atoms with van der Waals surface area (Å²) in [4.78, 5) is 7.39. The molecule has 1 aromatic carbocycles. The Morgan fingerprint density at radius 3 is 2.75 bits per heavy atom. The van der Waals surface area contributed by atoms with E-state index < -0.39 is 0 Å². The second-order valence-electron chi connectivity index (χ2n) is 6.31. The van der Waals surface area contributed by atoms with Crippen LogP contribution in [-0.4, -0.2) is 4.98 Å². The van der Waals surface area contributed by atoms with Crippen LogP contribution >= 0.6 is 22.9 Å². The van der Waals surface area contributed by atoms with Gasteiger partial charge in [0.25, 0.3) is 0 Å². The third-order valence-electron chi connectivity index (χ3n) is 4.57. The van der Waals surface area contributed by atoms with E-state index in [9.17, 15) is 0 Å². The van der Waals surface area contributed by atoms with E-state index in [1.165, 1.54) is 0 Å². The van der Waals surface area contributed by atoms with Crippen LogP contribution in [0.25, 0.3) is 22.0 Å². The molecule has 3 nitrogen and oxygen atoms in total. The monoisotopic (exact) mass is 403 g/mol. The fourth-order valence-corrected chi connectivity index (χ4v) is 4.67. The van der Waals surface area contributed by atoms with E-state index in [4.69, 9.17) is 11.6 Å². The molecule has 28 heavy (non-hydrogen) atoms. The Kier molecular flexibility index (Phi) is 4.67. The molecule has 5 heteroatoms. The summed E-state index contributed by atoms with van der Waals surface area (Å²) in [6, 6.07) is 10.2. The Labute approximate surface area is 173 Å². The maximum absolute atomic E-state index is 6.19. The minimum Gasteiger partial charge on any atom is -0.333 e. The van der Waals surface area contributed by atoms with Crippen molar-refractivity contribution in [2.45, 2.75) is 0 Å². The van der Waals surface area contributed by atoms with Gasteiger partial charge in [0.1, 0.15) is 10.8 Å². The average molecular weight is 404 g/mol. The molecule has 1 aliphatic rings. The topological polar surface area (TPSA) is 28.2 Å². The molecule has 138 valence electrons. The van der Waals surface area contributed by atoms with Gasteiger partial charge in [-0.25, -0.2) is 0 Å². The van der Waals surface area contributed by atoms with Gasteiger partial charge in [0.2, 0.25) is 0 Å². The molecular formula is C23H18ClN3S. The Balaban J connectivity index is 1.83. The number of pyridine rings is 1. The molecule has 2 aromatic heterocycles. The van der Waals surface area contributed by atoms with Crippen molar-refractivity contribution < 1.29 is 0 Å². The highest BCUT2D eigenvalue weighted by Gasteiger charge is 2.28. The number of nitrogens with zero attached hydrogens (tertiary/aromatic N) is 2. The number of thiophene rings is 1. The van der Waals surface area contributed by atoms with E-state index in [0.717, 1.165) is 49.0 Å². The van der Waals surface area contributed by atoms with Gasteiger partial charge in [0.15, 0.2) is 0 Å². The SMILES string of the molecule is C=C/C=C(\C(=C)Cl)c1cc2c(s1)NC(=C)N(c1cncc3ccccc13)C2=C. The Hall–Kier alpha value is -3.08. The van der Waals surface area contributed by atoms with Crippen LogP contribution in [0.4, 0.5) is 10.7 Å². The first kappa shape index (κ1) is 18.3. The van der Waals surface area contributed by atoms with Gasteiger partial charge in [-0.05, 0) is 6.07 Å². The smallest absolute Gasteiger partial charge is 0.108 e. The summed E-state index contributed by atoms with van der Waals surface area (Å²) in [6.07, 6.45) is 7.25. The standard InChI is InChI=1S/C23H18ClN3S/c1-5-8-18(14(2)24)22-11-20-15(3)27(16(4)26-23(20)28-22)21-13-25-12-17-9-6-7-10-19(17)21/h5-13,26H,1-4H2/b18-8+. The number of nitrogens with one attached hydrogen (secondary N) is 1. The van der Waals surface area contributed by atoms with Gasteiger partial charge in [-0.2, -0.15) is 0 Å². The first-order valence-electron chi connectivity index (χ1n) is 8.61. The van der Waals surface area contributed by atoms with Crippen molar-refractivity contribution in [3.05, 3.63) is 102 Å². The number of hydrogen-bond acceptors (Lipinski definition) is 4. The largest absolute Gasteiger partial charge is 0.333 e. The zero-order valence-electron chi connectivity index (χ0n) is 15.2. The molecular weight excluding hydrogens is 386 g/mol. The van der Waals surface area contributed by atoms with Gasteiger partial charge < -0.3 is 5.32 Å². The molecule has 1 aliphatic heterocycles. The Bertz CT molecular complexity index is 1180. The van der Waals surface area contributed by atoms with E-state index >= 15 is 0 Å². The minimum atomic E-state index is 0.470. The summed E-state index contributed by atoms with van der Waals surface area (Å²) in [5.74, 6) is 0.725. The highest BCUT2D eigenvalue weighted by atomic mass is 35.5. The van der Waals surface area contributed by atoms with Crippen LogP contribution in [0.3, 0.4) is 0 Å². The van der Waals surface area contributed by atoms with Crippen molar-refractivity contribution >= 4 is 55.7 Å². The molecule has 0 aliphatic carbocycles. The summed E-state index contributed by atoms with van der Waals surface area (Å²) in [5, 5.41) is 6.99. The van der Waals surface area contributed by atoms with E-state index in [2.05, 4.69) is 48.7 Å². The molecule has 3 aromatic rings. The van der Waals surface area contributed by atoms with Crippen molar-refractivity contribution in [2.75, 3.05) is 10.2 Å². The van der Waals surface area contributed by atoms with Crippen LogP contribution in [-0.2, 0) is 0 Å². The van der Waals surface area contributed by atoms with Crippen molar-refractivity contribution in [2.24, 2.45) is 0 Å². The number of allylic oxidation sites excluding steroid dienone is 4. The van der Waals surface area contributed by atoms with Crippen LogP contribution in [0.5, 0.6) is 0 Å². The number of halogens is 1. The van der Waals surface area contributed by atoms with Gasteiger partial charge in [0.05, 0.1) is 17.6 Å². The summed E-state index contributed by atoms with van der Waals surface area (Å²) in [7, 11) is 0. The van der Waals surface area contributed by atoms with Crippen molar-refractivity contribution in [1.29, 1.82) is 0 Å². The summed E-state index contributed by atoms with van der Waals surface area (Å²) in [6.45, 7) is 16.2. The zero-order valence-corrected chi connectivity index (χ0v) is 16.8. The molecule has 3 heterocycles. The minimum absolute atomic E-state index is 0.470. The van der Waals surface area contributed by atoms with E-state index in [1.807, 2.05) is 41.6 Å². The molecule has 0 spiro atoms. The second-order valence-corrected chi connectivity index (χ2v) is 7.82. The number of anilines is 2. The molecule has 0 bridgehead atoms. The summed E-state index contributed by atoms with van der Waals surface area (Å²) < 4.78 is 0. The number of benzene rings is 1. The number of aromatic nitrogens is 1. The van der Waals surface area contributed by atoms with Crippen LogP contribution in [0, 0.1) is 0 Å². The van der Waals surface area contributed by atoms with Crippen molar-refractivity contribution in [3.8, 4) is 0 Å². The lowest BCUT2D eigenvalue weighted by Gasteiger charge is -2.33. The van der Waals surface area contributed by atoms with Gasteiger partial charge in [-0.1, -0.05) is 74.3 Å². The highest BCUT2D eigenvalue weighted by Crippen LogP contribution is 2.46. The van der Waals surface area contributed by atoms with Crippen LogP contribution < -0.4 is 10.2 Å². The molecule has 0 radical (unpaired) electrons. The van der Waals surface area contributed by atoms with Crippen LogP contribution in [0.2, 0.25) is 0 Å². The van der Waals surface area contributed by atoms with Gasteiger partial charge in [-0.3, -0.25) is 9.88 Å². The highest BCUT2D eigenvalue weighted by molar-refractivity contribution is 7.17. The number of rotatable bonds is 4. The lowest BCUT2D eigenvalue weighted by atomic mass is 10.1. The van der Waals surface area contributed by atoms with Crippen molar-refractivity contribution in [3.63, 3.8) is 0 Å². The van der Waals surface area contributed by atoms with Crippen LogP contribution in [0.15, 0.2) is 92.0 Å². The molecule has 0 saturated carbocycles. The molecule has 4 rings (SSSR count). The maximum Gasteiger partial charge on any atom is 0.108 e. The number of fused-ring (bicyclic) bond motifs is 2. The number of hydrogen-bond donors (Lipinski definition) is 1. The first-order valence-corrected chi connectivity index (χ1v) is 9.80. The fraction of sp³-hybridized carbons (Fsp3) is 0. The third kappa shape index (κ3) is 2.97.